The third-order valence-corrected chi connectivity index (χ3v) is 4.96. The highest BCUT2D eigenvalue weighted by Crippen LogP contribution is 2.33. The van der Waals surface area contributed by atoms with Gasteiger partial charge in [-0.2, -0.15) is 0 Å². The Bertz CT molecular complexity index is 847. The second kappa shape index (κ2) is 7.33. The molecule has 130 valence electrons. The molecule has 0 spiro atoms. The molecule has 0 aliphatic carbocycles. The summed E-state index contributed by atoms with van der Waals surface area (Å²) in [5.74, 6) is -0.434. The van der Waals surface area contributed by atoms with E-state index in [-0.39, 0.29) is 16.8 Å². The SMILES string of the molecule is C[C@@H](Nc1ccc2c(c1)NC(=O)CS2)C(=O)Nc1ccc(F)cc1Cl. The van der Waals surface area contributed by atoms with Gasteiger partial charge in [-0.1, -0.05) is 11.6 Å². The van der Waals surface area contributed by atoms with Crippen LogP contribution in [0.1, 0.15) is 6.92 Å². The van der Waals surface area contributed by atoms with E-state index in [0.717, 1.165) is 16.6 Å². The molecule has 1 atom stereocenters. The highest BCUT2D eigenvalue weighted by molar-refractivity contribution is 8.00. The van der Waals surface area contributed by atoms with Crippen molar-refractivity contribution in [3.8, 4) is 0 Å². The predicted octanol–water partition coefficient (Wildman–Crippen LogP) is 3.96. The molecule has 1 aliphatic heterocycles. The summed E-state index contributed by atoms with van der Waals surface area (Å²) < 4.78 is 13.1. The molecule has 0 bridgehead atoms. The van der Waals surface area contributed by atoms with E-state index in [2.05, 4.69) is 16.0 Å². The fourth-order valence-electron chi connectivity index (χ4n) is 2.32. The van der Waals surface area contributed by atoms with Crippen LogP contribution in [0.2, 0.25) is 5.02 Å². The van der Waals surface area contributed by atoms with Gasteiger partial charge in [0, 0.05) is 10.6 Å². The molecule has 2 aromatic carbocycles. The van der Waals surface area contributed by atoms with E-state index in [1.807, 2.05) is 12.1 Å². The quantitative estimate of drug-likeness (QED) is 0.752. The van der Waals surface area contributed by atoms with Gasteiger partial charge in [-0.15, -0.1) is 11.8 Å². The first-order valence-corrected chi connectivity index (χ1v) is 8.88. The van der Waals surface area contributed by atoms with Crippen LogP contribution < -0.4 is 16.0 Å². The minimum Gasteiger partial charge on any atom is -0.374 e. The highest BCUT2D eigenvalue weighted by Gasteiger charge is 2.18. The molecular weight excluding hydrogens is 365 g/mol. The van der Waals surface area contributed by atoms with Crippen LogP contribution in [0, 0.1) is 5.82 Å². The molecule has 0 aromatic heterocycles. The maximum atomic E-state index is 13.1. The molecular formula is C17H15ClFN3O2S. The fraction of sp³-hybridized carbons (Fsp3) is 0.176. The third-order valence-electron chi connectivity index (χ3n) is 3.58. The lowest BCUT2D eigenvalue weighted by molar-refractivity contribution is -0.116. The van der Waals surface area contributed by atoms with E-state index < -0.39 is 11.9 Å². The number of anilines is 3. The molecule has 2 amide bonds. The molecule has 5 nitrogen and oxygen atoms in total. The van der Waals surface area contributed by atoms with Crippen molar-refractivity contribution in [2.24, 2.45) is 0 Å². The Labute approximate surface area is 153 Å². The van der Waals surface area contributed by atoms with Gasteiger partial charge in [-0.3, -0.25) is 9.59 Å². The van der Waals surface area contributed by atoms with Crippen molar-refractivity contribution >= 4 is 52.2 Å². The standard InChI is InChI=1S/C17H15ClFN3O2S/c1-9(17(24)22-13-4-2-10(19)6-12(13)18)20-11-3-5-15-14(7-11)21-16(23)8-25-15/h2-7,9,20H,8H2,1H3,(H,21,23)(H,22,24)/t9-/m1/s1. The van der Waals surface area contributed by atoms with Crippen LogP contribution in [0.15, 0.2) is 41.3 Å². The number of rotatable bonds is 4. The fourth-order valence-corrected chi connectivity index (χ4v) is 3.32. The first-order valence-electron chi connectivity index (χ1n) is 7.51. The largest absolute Gasteiger partial charge is 0.374 e. The molecule has 0 radical (unpaired) electrons. The summed E-state index contributed by atoms with van der Waals surface area (Å²) in [4.78, 5) is 24.8. The van der Waals surface area contributed by atoms with Crippen LogP contribution in [0.3, 0.4) is 0 Å². The Balaban J connectivity index is 1.67. The van der Waals surface area contributed by atoms with E-state index in [9.17, 15) is 14.0 Å². The molecule has 0 saturated heterocycles. The van der Waals surface area contributed by atoms with Crippen LogP contribution in [0.5, 0.6) is 0 Å². The lowest BCUT2D eigenvalue weighted by Crippen LogP contribution is -2.32. The molecule has 0 saturated carbocycles. The van der Waals surface area contributed by atoms with Crippen molar-refractivity contribution in [1.29, 1.82) is 0 Å². The van der Waals surface area contributed by atoms with E-state index in [4.69, 9.17) is 11.6 Å². The normalized spacial score (nSPS) is 14.3. The minimum atomic E-state index is -0.564. The van der Waals surface area contributed by atoms with Crippen molar-refractivity contribution in [2.45, 2.75) is 17.9 Å². The Morgan fingerprint density at radius 1 is 1.32 bits per heavy atom. The summed E-state index contributed by atoms with van der Waals surface area (Å²) in [5.41, 5.74) is 1.77. The number of thioether (sulfide) groups is 1. The number of nitrogens with one attached hydrogen (secondary N) is 3. The number of carbonyl (C=O) groups is 2. The summed E-state index contributed by atoms with van der Waals surface area (Å²) in [6, 6.07) is 8.73. The van der Waals surface area contributed by atoms with Crippen molar-refractivity contribution in [3.05, 3.63) is 47.2 Å². The predicted molar refractivity (Wildman–Crippen MR) is 98.9 cm³/mol. The zero-order chi connectivity index (χ0) is 18.0. The molecule has 3 N–H and O–H groups in total. The van der Waals surface area contributed by atoms with Gasteiger partial charge >= 0.3 is 0 Å². The Morgan fingerprint density at radius 3 is 2.88 bits per heavy atom. The van der Waals surface area contributed by atoms with Crippen LogP contribution in [0.25, 0.3) is 0 Å². The summed E-state index contributed by atoms with van der Waals surface area (Å²) in [6.07, 6.45) is 0. The number of hydrogen-bond donors (Lipinski definition) is 3. The molecule has 1 aliphatic rings. The van der Waals surface area contributed by atoms with Gasteiger partial charge in [0.2, 0.25) is 11.8 Å². The topological polar surface area (TPSA) is 70.2 Å². The number of fused-ring (bicyclic) bond motifs is 1. The number of carbonyl (C=O) groups excluding carboxylic acids is 2. The molecule has 1 heterocycles. The van der Waals surface area contributed by atoms with E-state index in [1.165, 1.54) is 23.9 Å². The number of amides is 2. The smallest absolute Gasteiger partial charge is 0.246 e. The monoisotopic (exact) mass is 379 g/mol. The molecule has 0 fully saturated rings. The maximum absolute atomic E-state index is 13.1. The summed E-state index contributed by atoms with van der Waals surface area (Å²) >= 11 is 7.38. The first kappa shape index (κ1) is 17.6. The maximum Gasteiger partial charge on any atom is 0.246 e. The van der Waals surface area contributed by atoms with Gasteiger partial charge < -0.3 is 16.0 Å². The van der Waals surface area contributed by atoms with Gasteiger partial charge in [0.1, 0.15) is 11.9 Å². The van der Waals surface area contributed by atoms with Gasteiger partial charge in [-0.25, -0.2) is 4.39 Å². The Morgan fingerprint density at radius 2 is 2.12 bits per heavy atom. The van der Waals surface area contributed by atoms with Gasteiger partial charge in [-0.05, 0) is 43.3 Å². The zero-order valence-electron chi connectivity index (χ0n) is 13.2. The minimum absolute atomic E-state index is 0.0496. The zero-order valence-corrected chi connectivity index (χ0v) is 14.8. The summed E-state index contributed by atoms with van der Waals surface area (Å²) in [6.45, 7) is 1.69. The van der Waals surface area contributed by atoms with E-state index in [0.29, 0.717) is 17.1 Å². The van der Waals surface area contributed by atoms with Crippen molar-refractivity contribution in [2.75, 3.05) is 21.7 Å². The molecule has 8 heteroatoms. The van der Waals surface area contributed by atoms with Crippen LogP contribution >= 0.6 is 23.4 Å². The van der Waals surface area contributed by atoms with Crippen LogP contribution in [-0.4, -0.2) is 23.6 Å². The molecule has 3 rings (SSSR count). The Kier molecular flexibility index (Phi) is 5.15. The highest BCUT2D eigenvalue weighted by atomic mass is 35.5. The van der Waals surface area contributed by atoms with E-state index in [1.54, 1.807) is 13.0 Å². The van der Waals surface area contributed by atoms with Crippen LogP contribution in [0.4, 0.5) is 21.5 Å². The van der Waals surface area contributed by atoms with Gasteiger partial charge in [0.25, 0.3) is 0 Å². The van der Waals surface area contributed by atoms with Crippen LogP contribution in [-0.2, 0) is 9.59 Å². The molecule has 2 aromatic rings. The van der Waals surface area contributed by atoms with Crippen molar-refractivity contribution in [3.63, 3.8) is 0 Å². The second-order valence-corrected chi connectivity index (χ2v) is 6.95. The average Bonchev–Trinajstić information content (AvgIpc) is 2.57. The lowest BCUT2D eigenvalue weighted by Gasteiger charge is -2.20. The second-order valence-electron chi connectivity index (χ2n) is 5.53. The lowest BCUT2D eigenvalue weighted by atomic mass is 10.2. The number of benzene rings is 2. The Hall–Kier alpha value is -2.25. The number of halogens is 2. The van der Waals surface area contributed by atoms with Crippen molar-refractivity contribution in [1.82, 2.24) is 0 Å². The summed E-state index contributed by atoms with van der Waals surface area (Å²) in [5, 5.41) is 8.66. The average molecular weight is 380 g/mol. The summed E-state index contributed by atoms with van der Waals surface area (Å²) in [7, 11) is 0. The van der Waals surface area contributed by atoms with Crippen molar-refractivity contribution < 1.29 is 14.0 Å². The van der Waals surface area contributed by atoms with Gasteiger partial charge in [0.15, 0.2) is 0 Å². The third kappa shape index (κ3) is 4.24. The number of hydrogen-bond acceptors (Lipinski definition) is 4. The van der Waals surface area contributed by atoms with Gasteiger partial charge in [0.05, 0.1) is 22.2 Å². The molecule has 25 heavy (non-hydrogen) atoms. The van der Waals surface area contributed by atoms with E-state index >= 15 is 0 Å². The first-order chi connectivity index (χ1) is 11.9. The molecule has 0 unspecified atom stereocenters.